The summed E-state index contributed by atoms with van der Waals surface area (Å²) < 4.78 is 1.84. The topological polar surface area (TPSA) is 38.1 Å². The largest absolute Gasteiger partial charge is 0.334 e. The van der Waals surface area contributed by atoms with Gasteiger partial charge in [0.1, 0.15) is 0 Å². The van der Waals surface area contributed by atoms with E-state index in [-0.39, 0.29) is 11.3 Å². The molecule has 0 atom stereocenters. The zero-order chi connectivity index (χ0) is 18.7. The number of nitrogens with zero attached hydrogens (tertiary/aromatic N) is 3. The van der Waals surface area contributed by atoms with Crippen LogP contribution >= 0.6 is 0 Å². The highest BCUT2D eigenvalue weighted by atomic mass is 16.2. The van der Waals surface area contributed by atoms with E-state index in [9.17, 15) is 4.79 Å². The van der Waals surface area contributed by atoms with Crippen LogP contribution in [0.5, 0.6) is 0 Å². The molecule has 2 aromatic carbocycles. The number of carbonyl (C=O) groups excluding carboxylic acids is 1. The molecule has 4 heteroatoms. The first kappa shape index (κ1) is 17.3. The fourth-order valence-corrected chi connectivity index (χ4v) is 3.57. The van der Waals surface area contributed by atoms with Gasteiger partial charge in [0.05, 0.1) is 11.9 Å². The van der Waals surface area contributed by atoms with Gasteiger partial charge in [-0.2, -0.15) is 5.10 Å². The van der Waals surface area contributed by atoms with Crippen LogP contribution < -0.4 is 0 Å². The lowest BCUT2D eigenvalue weighted by atomic mass is 9.95. The summed E-state index contributed by atoms with van der Waals surface area (Å²) in [5.74, 6) is -0.0373. The molecule has 0 aliphatic heterocycles. The minimum Gasteiger partial charge on any atom is -0.334 e. The molecule has 1 heterocycles. The lowest BCUT2D eigenvalue weighted by molar-refractivity contribution is -0.127. The highest BCUT2D eigenvalue weighted by molar-refractivity contribution is 5.87. The van der Waals surface area contributed by atoms with E-state index in [1.54, 1.807) is 0 Å². The Bertz CT molecular complexity index is 927. The van der Waals surface area contributed by atoms with Gasteiger partial charge in [-0.1, -0.05) is 55.1 Å². The maximum atomic E-state index is 12.5. The van der Waals surface area contributed by atoms with Crippen LogP contribution in [0.2, 0.25) is 0 Å². The third-order valence-electron chi connectivity index (χ3n) is 5.25. The van der Waals surface area contributed by atoms with Crippen LogP contribution in [0.4, 0.5) is 0 Å². The average Bonchev–Trinajstić information content (AvgIpc) is 3.37. The Labute approximate surface area is 159 Å². The van der Waals surface area contributed by atoms with Crippen molar-refractivity contribution in [1.29, 1.82) is 0 Å². The first-order valence-corrected chi connectivity index (χ1v) is 9.26. The average molecular weight is 357 g/mol. The van der Waals surface area contributed by atoms with Crippen LogP contribution in [0.15, 0.2) is 85.7 Å². The SMILES string of the molecule is C=CC(=O)N(Cc1cnn(-c2ccccc2)c1)CC1(c2ccccc2)CC1. The highest BCUT2D eigenvalue weighted by Gasteiger charge is 2.45. The number of para-hydroxylation sites is 1. The summed E-state index contributed by atoms with van der Waals surface area (Å²) in [5, 5.41) is 4.45. The van der Waals surface area contributed by atoms with Crippen LogP contribution in [-0.4, -0.2) is 27.1 Å². The zero-order valence-electron chi connectivity index (χ0n) is 15.3. The fraction of sp³-hybridized carbons (Fsp3) is 0.217. The molecule has 1 aliphatic carbocycles. The lowest BCUT2D eigenvalue weighted by Crippen LogP contribution is -2.36. The number of benzene rings is 2. The number of aromatic nitrogens is 2. The number of hydrogen-bond acceptors (Lipinski definition) is 2. The Morgan fingerprint density at radius 3 is 2.41 bits per heavy atom. The van der Waals surface area contributed by atoms with Crippen LogP contribution in [0.3, 0.4) is 0 Å². The summed E-state index contributed by atoms with van der Waals surface area (Å²) in [6, 6.07) is 20.5. The Balaban J connectivity index is 1.53. The number of hydrogen-bond donors (Lipinski definition) is 0. The van der Waals surface area contributed by atoms with Gasteiger partial charge < -0.3 is 4.90 Å². The quantitative estimate of drug-likeness (QED) is 0.597. The third kappa shape index (κ3) is 3.70. The van der Waals surface area contributed by atoms with Crippen molar-refractivity contribution >= 4 is 5.91 Å². The van der Waals surface area contributed by atoms with Gasteiger partial charge in [-0.15, -0.1) is 0 Å². The van der Waals surface area contributed by atoms with E-state index in [4.69, 9.17) is 0 Å². The predicted molar refractivity (Wildman–Crippen MR) is 107 cm³/mol. The summed E-state index contributed by atoms with van der Waals surface area (Å²) in [6.07, 6.45) is 7.45. The van der Waals surface area contributed by atoms with Crippen LogP contribution in [0.1, 0.15) is 24.0 Å². The Kier molecular flexibility index (Phi) is 4.63. The van der Waals surface area contributed by atoms with Gasteiger partial charge in [0.15, 0.2) is 0 Å². The van der Waals surface area contributed by atoms with E-state index in [1.165, 1.54) is 11.6 Å². The molecule has 1 aliphatic rings. The predicted octanol–water partition coefficient (Wildman–Crippen LogP) is 4.12. The summed E-state index contributed by atoms with van der Waals surface area (Å²) in [5.41, 5.74) is 3.41. The lowest BCUT2D eigenvalue weighted by Gasteiger charge is -2.27. The van der Waals surface area contributed by atoms with E-state index >= 15 is 0 Å². The molecule has 0 saturated heterocycles. The van der Waals surface area contributed by atoms with Crippen molar-refractivity contribution in [3.05, 3.63) is 96.8 Å². The molecule has 0 radical (unpaired) electrons. The molecule has 0 bridgehead atoms. The summed E-state index contributed by atoms with van der Waals surface area (Å²) in [4.78, 5) is 14.4. The number of rotatable bonds is 7. The second-order valence-corrected chi connectivity index (χ2v) is 7.17. The van der Waals surface area contributed by atoms with E-state index in [0.717, 1.165) is 24.1 Å². The second-order valence-electron chi connectivity index (χ2n) is 7.17. The van der Waals surface area contributed by atoms with Gasteiger partial charge in [-0.25, -0.2) is 4.68 Å². The van der Waals surface area contributed by atoms with E-state index in [0.29, 0.717) is 13.1 Å². The second kappa shape index (κ2) is 7.23. The van der Waals surface area contributed by atoms with E-state index in [1.807, 2.05) is 58.4 Å². The van der Waals surface area contributed by atoms with E-state index < -0.39 is 0 Å². The molecule has 0 unspecified atom stereocenters. The first-order valence-electron chi connectivity index (χ1n) is 9.26. The van der Waals surface area contributed by atoms with Gasteiger partial charge in [0.2, 0.25) is 5.91 Å². The normalized spacial score (nSPS) is 14.5. The molecule has 1 amide bonds. The molecule has 0 N–H and O–H groups in total. The molecule has 1 fully saturated rings. The summed E-state index contributed by atoms with van der Waals surface area (Å²) in [6.45, 7) is 4.93. The smallest absolute Gasteiger partial charge is 0.246 e. The molecule has 3 aromatic rings. The van der Waals surface area contributed by atoms with Gasteiger partial charge in [-0.05, 0) is 36.6 Å². The molecule has 1 aromatic heterocycles. The minimum absolute atomic E-state index is 0.0373. The van der Waals surface area contributed by atoms with Gasteiger partial charge >= 0.3 is 0 Å². The molecule has 4 rings (SSSR count). The highest BCUT2D eigenvalue weighted by Crippen LogP contribution is 2.48. The number of carbonyl (C=O) groups is 1. The Morgan fingerprint density at radius 1 is 1.11 bits per heavy atom. The fourth-order valence-electron chi connectivity index (χ4n) is 3.57. The monoisotopic (exact) mass is 357 g/mol. The number of amides is 1. The van der Waals surface area contributed by atoms with Crippen molar-refractivity contribution in [2.45, 2.75) is 24.8 Å². The van der Waals surface area contributed by atoms with Gasteiger partial charge in [-0.3, -0.25) is 4.79 Å². The van der Waals surface area contributed by atoms with Crippen LogP contribution in [-0.2, 0) is 16.8 Å². The van der Waals surface area contributed by atoms with Crippen LogP contribution in [0.25, 0.3) is 5.69 Å². The molecular weight excluding hydrogens is 334 g/mol. The maximum Gasteiger partial charge on any atom is 0.246 e. The van der Waals surface area contributed by atoms with Crippen molar-refractivity contribution in [3.8, 4) is 5.69 Å². The minimum atomic E-state index is -0.0373. The maximum absolute atomic E-state index is 12.5. The molecule has 1 saturated carbocycles. The standard InChI is InChI=1S/C23H23N3O/c1-2-22(27)25(18-23(13-14-23)20-9-5-3-6-10-20)16-19-15-24-26(17-19)21-11-7-4-8-12-21/h2-12,15,17H,1,13-14,16,18H2. The van der Waals surface area contributed by atoms with Crippen molar-refractivity contribution in [2.24, 2.45) is 0 Å². The Hall–Kier alpha value is -3.14. The summed E-state index contributed by atoms with van der Waals surface area (Å²) >= 11 is 0. The molecule has 136 valence electrons. The summed E-state index contributed by atoms with van der Waals surface area (Å²) in [7, 11) is 0. The van der Waals surface area contributed by atoms with Crippen molar-refractivity contribution < 1.29 is 4.79 Å². The third-order valence-corrected chi connectivity index (χ3v) is 5.25. The van der Waals surface area contributed by atoms with Crippen molar-refractivity contribution in [2.75, 3.05) is 6.54 Å². The van der Waals surface area contributed by atoms with Gasteiger partial charge in [0.25, 0.3) is 0 Å². The molecular formula is C23H23N3O. The van der Waals surface area contributed by atoms with Crippen molar-refractivity contribution in [1.82, 2.24) is 14.7 Å². The Morgan fingerprint density at radius 2 is 1.78 bits per heavy atom. The van der Waals surface area contributed by atoms with Crippen LogP contribution in [0, 0.1) is 0 Å². The first-order chi connectivity index (χ1) is 13.2. The molecule has 0 spiro atoms. The molecule has 4 nitrogen and oxygen atoms in total. The molecule has 27 heavy (non-hydrogen) atoms. The van der Waals surface area contributed by atoms with Gasteiger partial charge in [0, 0.05) is 30.3 Å². The van der Waals surface area contributed by atoms with Crippen molar-refractivity contribution in [3.63, 3.8) is 0 Å². The zero-order valence-corrected chi connectivity index (χ0v) is 15.3. The van der Waals surface area contributed by atoms with E-state index in [2.05, 4.69) is 35.9 Å².